The first kappa shape index (κ1) is 15.6. The summed E-state index contributed by atoms with van der Waals surface area (Å²) in [5.41, 5.74) is 3.39. The number of nitrogens with zero attached hydrogens (tertiary/aromatic N) is 1. The second kappa shape index (κ2) is 6.45. The second-order valence-electron chi connectivity index (χ2n) is 6.30. The summed E-state index contributed by atoms with van der Waals surface area (Å²) in [5.74, 6) is 0.759. The zero-order chi connectivity index (χ0) is 16.4. The molecule has 23 heavy (non-hydrogen) atoms. The van der Waals surface area contributed by atoms with E-state index in [0.29, 0.717) is 0 Å². The molecule has 0 spiro atoms. The summed E-state index contributed by atoms with van der Waals surface area (Å²) in [6, 6.07) is 16.2. The molecule has 0 bridgehead atoms. The van der Waals surface area contributed by atoms with Gasteiger partial charge in [0.1, 0.15) is 5.75 Å². The molecule has 1 aliphatic heterocycles. The average Bonchev–Trinajstić information content (AvgIpc) is 2.54. The molecule has 0 radical (unpaired) electrons. The summed E-state index contributed by atoms with van der Waals surface area (Å²) in [6.07, 6.45) is 1.50. The van der Waals surface area contributed by atoms with Gasteiger partial charge in [-0.1, -0.05) is 30.3 Å². The number of para-hydroxylation sites is 1. The third kappa shape index (κ3) is 3.24. The molecular weight excluding hydrogens is 286 g/mol. The van der Waals surface area contributed by atoms with E-state index in [2.05, 4.69) is 13.0 Å². The van der Waals surface area contributed by atoms with E-state index in [0.717, 1.165) is 29.8 Å². The quantitative estimate of drug-likeness (QED) is 0.853. The van der Waals surface area contributed by atoms with Crippen LogP contribution in [0.4, 0.5) is 5.69 Å². The van der Waals surface area contributed by atoms with Crippen LogP contribution >= 0.6 is 0 Å². The van der Waals surface area contributed by atoms with Crippen molar-refractivity contribution in [3.05, 3.63) is 59.7 Å². The fourth-order valence-corrected chi connectivity index (χ4v) is 3.16. The highest BCUT2D eigenvalue weighted by Gasteiger charge is 2.31. The molecule has 3 rings (SSSR count). The summed E-state index contributed by atoms with van der Waals surface area (Å²) in [4.78, 5) is 14.9. The molecule has 0 N–H and O–H groups in total. The minimum absolute atomic E-state index is 0.0196. The van der Waals surface area contributed by atoms with Gasteiger partial charge in [0.2, 0.25) is 0 Å². The molecule has 0 fully saturated rings. The van der Waals surface area contributed by atoms with Crippen LogP contribution in [0.15, 0.2) is 48.5 Å². The SMILES string of the molecule is Cc1cccc(OC(C)C(=O)N2c3ccccc3CCC2C)c1. The van der Waals surface area contributed by atoms with Crippen molar-refractivity contribution in [2.24, 2.45) is 0 Å². The fraction of sp³-hybridized carbons (Fsp3) is 0.350. The number of hydrogen-bond acceptors (Lipinski definition) is 2. The molecule has 2 aromatic carbocycles. The van der Waals surface area contributed by atoms with Crippen LogP contribution in [-0.4, -0.2) is 18.1 Å². The Hall–Kier alpha value is -2.29. The Bertz CT molecular complexity index is 710. The Morgan fingerprint density at radius 2 is 2.00 bits per heavy atom. The third-order valence-corrected chi connectivity index (χ3v) is 4.41. The molecule has 3 nitrogen and oxygen atoms in total. The van der Waals surface area contributed by atoms with Gasteiger partial charge < -0.3 is 9.64 Å². The lowest BCUT2D eigenvalue weighted by Crippen LogP contribution is -2.47. The molecule has 0 aliphatic carbocycles. The lowest BCUT2D eigenvalue weighted by molar-refractivity contribution is -0.125. The summed E-state index contributed by atoms with van der Waals surface area (Å²) in [5, 5.41) is 0. The molecule has 2 atom stereocenters. The Morgan fingerprint density at radius 3 is 2.78 bits per heavy atom. The maximum atomic E-state index is 13.0. The Kier molecular flexibility index (Phi) is 4.37. The number of rotatable bonds is 3. The molecule has 2 aromatic rings. The van der Waals surface area contributed by atoms with Gasteiger partial charge in [0.25, 0.3) is 5.91 Å². The summed E-state index contributed by atoms with van der Waals surface area (Å²) in [7, 11) is 0. The number of carbonyl (C=O) groups excluding carboxylic acids is 1. The zero-order valence-corrected chi connectivity index (χ0v) is 14.0. The minimum Gasteiger partial charge on any atom is -0.481 e. The van der Waals surface area contributed by atoms with Crippen LogP contribution in [0.25, 0.3) is 0 Å². The number of ether oxygens (including phenoxy) is 1. The highest BCUT2D eigenvalue weighted by Crippen LogP contribution is 2.31. The van der Waals surface area contributed by atoms with Crippen molar-refractivity contribution in [2.75, 3.05) is 4.90 Å². The normalized spacial score (nSPS) is 18.2. The number of fused-ring (bicyclic) bond motifs is 1. The van der Waals surface area contributed by atoms with Gasteiger partial charge in [-0.2, -0.15) is 0 Å². The van der Waals surface area contributed by atoms with Crippen LogP contribution in [0.1, 0.15) is 31.4 Å². The van der Waals surface area contributed by atoms with Crippen molar-refractivity contribution in [3.63, 3.8) is 0 Å². The Balaban J connectivity index is 1.82. The summed E-state index contributed by atoms with van der Waals surface area (Å²) < 4.78 is 5.88. The molecule has 0 aromatic heterocycles. The highest BCUT2D eigenvalue weighted by atomic mass is 16.5. The average molecular weight is 309 g/mol. The smallest absolute Gasteiger partial charge is 0.268 e. The maximum absolute atomic E-state index is 13.0. The van der Waals surface area contributed by atoms with Crippen molar-refractivity contribution in [3.8, 4) is 5.75 Å². The van der Waals surface area contributed by atoms with E-state index in [4.69, 9.17) is 4.74 Å². The molecule has 1 heterocycles. The van der Waals surface area contributed by atoms with Crippen molar-refractivity contribution in [1.29, 1.82) is 0 Å². The fourth-order valence-electron chi connectivity index (χ4n) is 3.16. The van der Waals surface area contributed by atoms with Crippen LogP contribution in [-0.2, 0) is 11.2 Å². The number of benzene rings is 2. The number of amides is 1. The van der Waals surface area contributed by atoms with Gasteiger partial charge >= 0.3 is 0 Å². The Morgan fingerprint density at radius 1 is 1.22 bits per heavy atom. The van der Waals surface area contributed by atoms with E-state index in [1.54, 1.807) is 0 Å². The van der Waals surface area contributed by atoms with E-state index in [1.165, 1.54) is 5.56 Å². The zero-order valence-electron chi connectivity index (χ0n) is 14.0. The largest absolute Gasteiger partial charge is 0.481 e. The van der Waals surface area contributed by atoms with Gasteiger partial charge in [0, 0.05) is 11.7 Å². The first-order valence-corrected chi connectivity index (χ1v) is 8.20. The van der Waals surface area contributed by atoms with Crippen molar-refractivity contribution in [1.82, 2.24) is 0 Å². The predicted molar refractivity (Wildman–Crippen MR) is 93.0 cm³/mol. The van der Waals surface area contributed by atoms with Gasteiger partial charge in [-0.15, -0.1) is 0 Å². The first-order valence-electron chi connectivity index (χ1n) is 8.20. The lowest BCUT2D eigenvalue weighted by atomic mass is 9.96. The number of hydrogen-bond donors (Lipinski definition) is 0. The van der Waals surface area contributed by atoms with E-state index in [-0.39, 0.29) is 11.9 Å². The van der Waals surface area contributed by atoms with Gasteiger partial charge in [-0.25, -0.2) is 0 Å². The van der Waals surface area contributed by atoms with Gasteiger partial charge in [0.15, 0.2) is 6.10 Å². The lowest BCUT2D eigenvalue weighted by Gasteiger charge is -2.36. The maximum Gasteiger partial charge on any atom is 0.268 e. The number of aryl methyl sites for hydroxylation is 2. The van der Waals surface area contributed by atoms with E-state index in [9.17, 15) is 4.79 Å². The Labute approximate surface area is 137 Å². The predicted octanol–water partition coefficient (Wildman–Crippen LogP) is 4.13. The summed E-state index contributed by atoms with van der Waals surface area (Å²) in [6.45, 7) is 5.95. The van der Waals surface area contributed by atoms with Crippen LogP contribution in [0.5, 0.6) is 5.75 Å². The van der Waals surface area contributed by atoms with E-state index < -0.39 is 6.10 Å². The highest BCUT2D eigenvalue weighted by molar-refractivity contribution is 5.98. The molecule has 1 amide bonds. The van der Waals surface area contributed by atoms with E-state index >= 15 is 0 Å². The van der Waals surface area contributed by atoms with Gasteiger partial charge in [-0.05, 0) is 62.9 Å². The molecule has 1 aliphatic rings. The monoisotopic (exact) mass is 309 g/mol. The molecule has 120 valence electrons. The third-order valence-electron chi connectivity index (χ3n) is 4.41. The van der Waals surface area contributed by atoms with Gasteiger partial charge in [0.05, 0.1) is 0 Å². The van der Waals surface area contributed by atoms with Crippen LogP contribution < -0.4 is 9.64 Å². The number of carbonyl (C=O) groups is 1. The van der Waals surface area contributed by atoms with Gasteiger partial charge in [-0.3, -0.25) is 4.79 Å². The molecule has 3 heteroatoms. The number of anilines is 1. The second-order valence-corrected chi connectivity index (χ2v) is 6.30. The van der Waals surface area contributed by atoms with Crippen LogP contribution in [0.3, 0.4) is 0 Å². The molecule has 0 saturated heterocycles. The molecule has 2 unspecified atom stereocenters. The molecular formula is C20H23NO2. The van der Waals surface area contributed by atoms with E-state index in [1.807, 2.05) is 61.2 Å². The molecule has 0 saturated carbocycles. The van der Waals surface area contributed by atoms with Crippen LogP contribution in [0, 0.1) is 6.92 Å². The van der Waals surface area contributed by atoms with Crippen molar-refractivity contribution < 1.29 is 9.53 Å². The van der Waals surface area contributed by atoms with Crippen LogP contribution in [0.2, 0.25) is 0 Å². The van der Waals surface area contributed by atoms with Crippen molar-refractivity contribution in [2.45, 2.75) is 45.8 Å². The van der Waals surface area contributed by atoms with Crippen molar-refractivity contribution >= 4 is 11.6 Å². The standard InChI is InChI=1S/C20H23NO2/c1-14-7-6-9-18(13-14)23-16(3)20(22)21-15(2)11-12-17-8-4-5-10-19(17)21/h4-10,13,15-16H,11-12H2,1-3H3. The minimum atomic E-state index is -0.509. The first-order chi connectivity index (χ1) is 11.1. The summed E-state index contributed by atoms with van der Waals surface area (Å²) >= 11 is 0. The topological polar surface area (TPSA) is 29.5 Å².